The van der Waals surface area contributed by atoms with Gasteiger partial charge in [-0.25, -0.2) is 9.37 Å². The zero-order valence-electron chi connectivity index (χ0n) is 10.5. The fraction of sp³-hybridized carbons (Fsp3) is 0.214. The smallest absolute Gasteiger partial charge is 0.151 e. The Hall–Kier alpha value is -1.65. The molecule has 1 heterocycles. The van der Waals surface area contributed by atoms with E-state index in [0.29, 0.717) is 22.9 Å². The maximum absolute atomic E-state index is 12.9. The molecule has 0 unspecified atom stereocenters. The largest absolute Gasteiger partial charge is 0.392 e. The Kier molecular flexibility index (Phi) is 4.35. The lowest BCUT2D eigenvalue weighted by atomic mass is 10.2. The minimum atomic E-state index is -0.283. The molecule has 1 aromatic heterocycles. The summed E-state index contributed by atoms with van der Waals surface area (Å²) in [5.41, 5.74) is 1.47. The Morgan fingerprint density at radius 2 is 2.00 bits per heavy atom. The van der Waals surface area contributed by atoms with Gasteiger partial charge < -0.3 is 10.0 Å². The third-order valence-corrected chi connectivity index (χ3v) is 3.05. The van der Waals surface area contributed by atoms with Crippen molar-refractivity contribution in [2.75, 3.05) is 11.4 Å². The first-order chi connectivity index (χ1) is 9.15. The van der Waals surface area contributed by atoms with Crippen LogP contribution in [0.5, 0.6) is 0 Å². The highest BCUT2D eigenvalue weighted by atomic mass is 35.5. The number of hydrogen-bond donors (Lipinski definition) is 1. The van der Waals surface area contributed by atoms with Crippen LogP contribution in [0.4, 0.5) is 15.9 Å². The standard InChI is InChI=1S/C14H14ClFN2O/c1-2-18(12-5-3-11(16)4-6-12)14-13(15)7-10(9-19)8-17-14/h3-8,19H,2,9H2,1H3. The third kappa shape index (κ3) is 3.03. The number of hydrogen-bond acceptors (Lipinski definition) is 3. The molecule has 3 nitrogen and oxygen atoms in total. The molecular formula is C14H14ClFN2O. The number of halogens is 2. The highest BCUT2D eigenvalue weighted by Gasteiger charge is 2.13. The number of aromatic nitrogens is 1. The van der Waals surface area contributed by atoms with E-state index < -0.39 is 0 Å². The number of aliphatic hydroxyl groups is 1. The average Bonchev–Trinajstić information content (AvgIpc) is 2.43. The van der Waals surface area contributed by atoms with E-state index >= 15 is 0 Å². The van der Waals surface area contributed by atoms with Gasteiger partial charge in [0.05, 0.1) is 11.6 Å². The Labute approximate surface area is 116 Å². The SMILES string of the molecule is CCN(c1ccc(F)cc1)c1ncc(CO)cc1Cl. The summed E-state index contributed by atoms with van der Waals surface area (Å²) < 4.78 is 12.9. The van der Waals surface area contributed by atoms with E-state index in [1.807, 2.05) is 11.8 Å². The van der Waals surface area contributed by atoms with Gasteiger partial charge >= 0.3 is 0 Å². The zero-order valence-corrected chi connectivity index (χ0v) is 11.2. The summed E-state index contributed by atoms with van der Waals surface area (Å²) in [5, 5.41) is 9.50. The molecule has 0 saturated carbocycles. The number of pyridine rings is 1. The maximum Gasteiger partial charge on any atom is 0.151 e. The molecule has 0 fully saturated rings. The van der Waals surface area contributed by atoms with Gasteiger partial charge in [-0.05, 0) is 42.8 Å². The Balaban J connectivity index is 2.39. The lowest BCUT2D eigenvalue weighted by Crippen LogP contribution is -2.18. The van der Waals surface area contributed by atoms with Crippen molar-refractivity contribution in [3.05, 3.63) is 52.9 Å². The molecule has 2 aromatic rings. The first-order valence-electron chi connectivity index (χ1n) is 5.94. The van der Waals surface area contributed by atoms with Crippen LogP contribution in [0.1, 0.15) is 12.5 Å². The second kappa shape index (κ2) is 5.99. The lowest BCUT2D eigenvalue weighted by molar-refractivity contribution is 0.281. The molecule has 1 N–H and O–H groups in total. The van der Waals surface area contributed by atoms with Crippen LogP contribution in [0.2, 0.25) is 5.02 Å². The van der Waals surface area contributed by atoms with Crippen molar-refractivity contribution in [1.29, 1.82) is 0 Å². The van der Waals surface area contributed by atoms with Crippen molar-refractivity contribution in [3.8, 4) is 0 Å². The van der Waals surface area contributed by atoms with Gasteiger partial charge in [0.25, 0.3) is 0 Å². The molecule has 0 bridgehead atoms. The summed E-state index contributed by atoms with van der Waals surface area (Å²) in [5.74, 6) is 0.308. The van der Waals surface area contributed by atoms with E-state index in [-0.39, 0.29) is 12.4 Å². The first-order valence-corrected chi connectivity index (χ1v) is 6.32. The molecule has 19 heavy (non-hydrogen) atoms. The number of anilines is 2. The number of rotatable bonds is 4. The van der Waals surface area contributed by atoms with E-state index in [1.165, 1.54) is 12.1 Å². The van der Waals surface area contributed by atoms with Gasteiger partial charge in [0.1, 0.15) is 5.82 Å². The quantitative estimate of drug-likeness (QED) is 0.931. The molecule has 0 aliphatic carbocycles. The van der Waals surface area contributed by atoms with Crippen molar-refractivity contribution in [3.63, 3.8) is 0 Å². The van der Waals surface area contributed by atoms with E-state index in [4.69, 9.17) is 16.7 Å². The molecule has 5 heteroatoms. The van der Waals surface area contributed by atoms with Gasteiger partial charge in [0.15, 0.2) is 5.82 Å². The summed E-state index contributed by atoms with van der Waals surface area (Å²) in [7, 11) is 0. The van der Waals surface area contributed by atoms with Crippen LogP contribution < -0.4 is 4.90 Å². The summed E-state index contributed by atoms with van der Waals surface area (Å²) in [4.78, 5) is 6.14. The van der Waals surface area contributed by atoms with Gasteiger partial charge in [-0.1, -0.05) is 11.6 Å². The van der Waals surface area contributed by atoms with Crippen LogP contribution in [-0.4, -0.2) is 16.6 Å². The van der Waals surface area contributed by atoms with Gasteiger partial charge in [-0.2, -0.15) is 0 Å². The van der Waals surface area contributed by atoms with E-state index in [9.17, 15) is 4.39 Å². The number of benzene rings is 1. The minimum Gasteiger partial charge on any atom is -0.392 e. The highest BCUT2D eigenvalue weighted by Crippen LogP contribution is 2.30. The Morgan fingerprint density at radius 3 is 2.53 bits per heavy atom. The van der Waals surface area contributed by atoms with Gasteiger partial charge in [-0.15, -0.1) is 0 Å². The number of aliphatic hydroxyl groups excluding tert-OH is 1. The van der Waals surface area contributed by atoms with Crippen molar-refractivity contribution in [2.24, 2.45) is 0 Å². The normalized spacial score (nSPS) is 10.5. The van der Waals surface area contributed by atoms with E-state index in [0.717, 1.165) is 5.69 Å². The van der Waals surface area contributed by atoms with Crippen LogP contribution in [0.3, 0.4) is 0 Å². The van der Waals surface area contributed by atoms with Crippen molar-refractivity contribution >= 4 is 23.1 Å². The monoisotopic (exact) mass is 280 g/mol. The second-order valence-electron chi connectivity index (χ2n) is 4.03. The Bertz CT molecular complexity index is 560. The molecule has 0 radical (unpaired) electrons. The number of nitrogens with zero attached hydrogens (tertiary/aromatic N) is 2. The van der Waals surface area contributed by atoms with Crippen molar-refractivity contribution in [1.82, 2.24) is 4.98 Å². The van der Waals surface area contributed by atoms with Crippen LogP contribution in [0.25, 0.3) is 0 Å². The van der Waals surface area contributed by atoms with Gasteiger partial charge in [-0.3, -0.25) is 0 Å². The maximum atomic E-state index is 12.9. The van der Waals surface area contributed by atoms with Crippen molar-refractivity contribution in [2.45, 2.75) is 13.5 Å². The van der Waals surface area contributed by atoms with Crippen LogP contribution in [-0.2, 0) is 6.61 Å². The van der Waals surface area contributed by atoms with Crippen molar-refractivity contribution < 1.29 is 9.50 Å². The lowest BCUT2D eigenvalue weighted by Gasteiger charge is -2.23. The predicted molar refractivity (Wildman–Crippen MR) is 74.2 cm³/mol. The van der Waals surface area contributed by atoms with E-state index in [2.05, 4.69) is 4.98 Å². The van der Waals surface area contributed by atoms with Crippen LogP contribution in [0.15, 0.2) is 36.5 Å². The minimum absolute atomic E-state index is 0.102. The zero-order chi connectivity index (χ0) is 13.8. The van der Waals surface area contributed by atoms with E-state index in [1.54, 1.807) is 24.4 Å². The molecule has 0 aliphatic rings. The summed E-state index contributed by atoms with van der Waals surface area (Å²) in [6, 6.07) is 7.83. The summed E-state index contributed by atoms with van der Waals surface area (Å²) in [6.07, 6.45) is 1.58. The molecule has 0 aliphatic heterocycles. The summed E-state index contributed by atoms with van der Waals surface area (Å²) in [6.45, 7) is 2.51. The average molecular weight is 281 g/mol. The fourth-order valence-corrected chi connectivity index (χ4v) is 2.12. The molecule has 100 valence electrons. The third-order valence-electron chi connectivity index (χ3n) is 2.77. The summed E-state index contributed by atoms with van der Waals surface area (Å²) >= 11 is 6.17. The molecule has 0 saturated heterocycles. The van der Waals surface area contributed by atoms with Crippen LogP contribution in [0, 0.1) is 5.82 Å². The Morgan fingerprint density at radius 1 is 1.32 bits per heavy atom. The molecule has 0 amide bonds. The van der Waals surface area contributed by atoms with Crippen LogP contribution >= 0.6 is 11.6 Å². The van der Waals surface area contributed by atoms with Gasteiger partial charge in [0.2, 0.25) is 0 Å². The fourth-order valence-electron chi connectivity index (χ4n) is 1.83. The highest BCUT2D eigenvalue weighted by molar-refractivity contribution is 6.33. The first kappa shape index (κ1) is 13.8. The molecule has 0 spiro atoms. The topological polar surface area (TPSA) is 36.4 Å². The second-order valence-corrected chi connectivity index (χ2v) is 4.43. The van der Waals surface area contributed by atoms with Gasteiger partial charge in [0, 0.05) is 18.4 Å². The molecule has 1 aromatic carbocycles. The molecular weight excluding hydrogens is 267 g/mol. The molecule has 2 rings (SSSR count). The molecule has 0 atom stereocenters. The predicted octanol–water partition coefficient (Wildman–Crippen LogP) is 3.52.